The molecule has 6 heteroatoms. The Morgan fingerprint density at radius 1 is 0.958 bits per heavy atom. The van der Waals surface area contributed by atoms with Gasteiger partial charge in [0.25, 0.3) is 0 Å². The van der Waals surface area contributed by atoms with Crippen LogP contribution in [0, 0.1) is 0 Å². The highest BCUT2D eigenvalue weighted by Crippen LogP contribution is 2.13. The SMILES string of the molecule is COC(=O)Cc1ccc(S(=O)(=O)CCOCc2ccccc2)cc1. The van der Waals surface area contributed by atoms with E-state index in [2.05, 4.69) is 4.74 Å². The molecule has 2 aromatic carbocycles. The molecule has 0 spiro atoms. The summed E-state index contributed by atoms with van der Waals surface area (Å²) in [6.07, 6.45) is 0.122. The number of carbonyl (C=O) groups excluding carboxylic acids is 1. The van der Waals surface area contributed by atoms with Crippen LogP contribution >= 0.6 is 0 Å². The van der Waals surface area contributed by atoms with Gasteiger partial charge < -0.3 is 9.47 Å². The number of benzene rings is 2. The van der Waals surface area contributed by atoms with Crippen LogP contribution in [0.25, 0.3) is 0 Å². The second kappa shape index (κ2) is 8.61. The van der Waals surface area contributed by atoms with Crippen molar-refractivity contribution in [1.82, 2.24) is 0 Å². The summed E-state index contributed by atoms with van der Waals surface area (Å²) in [5.74, 6) is -0.448. The van der Waals surface area contributed by atoms with Gasteiger partial charge in [0.05, 0.1) is 37.4 Å². The molecule has 2 rings (SSSR count). The van der Waals surface area contributed by atoms with E-state index in [9.17, 15) is 13.2 Å². The zero-order valence-corrected chi connectivity index (χ0v) is 14.3. The van der Waals surface area contributed by atoms with Crippen molar-refractivity contribution in [2.24, 2.45) is 0 Å². The highest BCUT2D eigenvalue weighted by molar-refractivity contribution is 7.91. The van der Waals surface area contributed by atoms with E-state index < -0.39 is 9.84 Å². The van der Waals surface area contributed by atoms with Gasteiger partial charge in [-0.3, -0.25) is 4.79 Å². The molecule has 0 heterocycles. The standard InChI is InChI=1S/C18H20O5S/c1-22-18(19)13-15-7-9-17(10-8-15)24(20,21)12-11-23-14-16-5-3-2-4-6-16/h2-10H,11-14H2,1H3. The van der Waals surface area contributed by atoms with Crippen LogP contribution in [0.15, 0.2) is 59.5 Å². The molecule has 0 aliphatic heterocycles. The van der Waals surface area contributed by atoms with E-state index in [1.54, 1.807) is 12.1 Å². The van der Waals surface area contributed by atoms with Gasteiger partial charge in [-0.2, -0.15) is 0 Å². The summed E-state index contributed by atoms with van der Waals surface area (Å²) >= 11 is 0. The van der Waals surface area contributed by atoms with Gasteiger partial charge in [0.1, 0.15) is 0 Å². The normalized spacial score (nSPS) is 11.2. The first-order valence-corrected chi connectivity index (χ1v) is 9.16. The molecule has 0 saturated carbocycles. The van der Waals surface area contributed by atoms with E-state index in [4.69, 9.17) is 4.74 Å². The van der Waals surface area contributed by atoms with Gasteiger partial charge in [-0.25, -0.2) is 8.42 Å². The fourth-order valence-corrected chi connectivity index (χ4v) is 3.23. The molecule has 0 saturated heterocycles. The van der Waals surface area contributed by atoms with Gasteiger partial charge >= 0.3 is 5.97 Å². The number of esters is 1. The Kier molecular flexibility index (Phi) is 6.52. The smallest absolute Gasteiger partial charge is 0.309 e. The van der Waals surface area contributed by atoms with E-state index in [1.165, 1.54) is 19.2 Å². The largest absolute Gasteiger partial charge is 0.469 e. The van der Waals surface area contributed by atoms with Crippen LogP contribution in [0.4, 0.5) is 0 Å². The maximum atomic E-state index is 12.3. The maximum absolute atomic E-state index is 12.3. The number of carbonyl (C=O) groups is 1. The lowest BCUT2D eigenvalue weighted by Gasteiger charge is -2.07. The first-order valence-electron chi connectivity index (χ1n) is 7.51. The predicted molar refractivity (Wildman–Crippen MR) is 90.3 cm³/mol. The van der Waals surface area contributed by atoms with E-state index >= 15 is 0 Å². The van der Waals surface area contributed by atoms with E-state index in [0.29, 0.717) is 12.2 Å². The van der Waals surface area contributed by atoms with E-state index in [1.807, 2.05) is 30.3 Å². The summed E-state index contributed by atoms with van der Waals surface area (Å²) in [6.45, 7) is 0.509. The Bertz CT molecular complexity index is 752. The summed E-state index contributed by atoms with van der Waals surface area (Å²) in [5.41, 5.74) is 1.71. The lowest BCUT2D eigenvalue weighted by Crippen LogP contribution is -2.13. The third-order valence-electron chi connectivity index (χ3n) is 3.47. The third-order valence-corrected chi connectivity index (χ3v) is 5.16. The minimum atomic E-state index is -3.41. The van der Waals surface area contributed by atoms with Crippen LogP contribution in [0.3, 0.4) is 0 Å². The van der Waals surface area contributed by atoms with Crippen LogP contribution in [-0.2, 0) is 37.1 Å². The minimum absolute atomic E-state index is 0.0871. The molecule has 0 fully saturated rings. The quantitative estimate of drug-likeness (QED) is 0.541. The Hall–Kier alpha value is -2.18. The van der Waals surface area contributed by atoms with Crippen molar-refractivity contribution in [2.45, 2.75) is 17.9 Å². The molecule has 0 bridgehead atoms. The topological polar surface area (TPSA) is 69.7 Å². The first kappa shape index (κ1) is 18.2. The molecule has 0 atom stereocenters. The molecular weight excluding hydrogens is 328 g/mol. The average molecular weight is 348 g/mol. The van der Waals surface area contributed by atoms with Crippen molar-refractivity contribution in [1.29, 1.82) is 0 Å². The van der Waals surface area contributed by atoms with Crippen LogP contribution in [0.2, 0.25) is 0 Å². The van der Waals surface area contributed by atoms with Gasteiger partial charge in [-0.15, -0.1) is 0 Å². The minimum Gasteiger partial charge on any atom is -0.469 e. The second-order valence-electron chi connectivity index (χ2n) is 5.25. The molecular formula is C18H20O5S. The third kappa shape index (κ3) is 5.47. The van der Waals surface area contributed by atoms with Gasteiger partial charge in [0, 0.05) is 0 Å². The molecule has 0 N–H and O–H groups in total. The van der Waals surface area contributed by atoms with Crippen LogP contribution < -0.4 is 0 Å². The number of hydrogen-bond acceptors (Lipinski definition) is 5. The Morgan fingerprint density at radius 2 is 1.62 bits per heavy atom. The monoisotopic (exact) mass is 348 g/mol. The molecule has 5 nitrogen and oxygen atoms in total. The van der Waals surface area contributed by atoms with Crippen LogP contribution in [-0.4, -0.2) is 33.9 Å². The lowest BCUT2D eigenvalue weighted by atomic mass is 10.2. The Labute approximate surface area is 142 Å². The van der Waals surface area contributed by atoms with Crippen molar-refractivity contribution in [3.63, 3.8) is 0 Å². The van der Waals surface area contributed by atoms with Gasteiger partial charge in [0.2, 0.25) is 0 Å². The number of ether oxygens (including phenoxy) is 2. The highest BCUT2D eigenvalue weighted by Gasteiger charge is 2.14. The Balaban J connectivity index is 1.86. The molecule has 24 heavy (non-hydrogen) atoms. The molecule has 0 amide bonds. The zero-order chi connectivity index (χ0) is 17.4. The molecule has 0 unspecified atom stereocenters. The number of sulfone groups is 1. The second-order valence-corrected chi connectivity index (χ2v) is 7.36. The fraction of sp³-hybridized carbons (Fsp3) is 0.278. The van der Waals surface area contributed by atoms with Crippen molar-refractivity contribution in [3.8, 4) is 0 Å². The first-order chi connectivity index (χ1) is 11.5. The molecule has 2 aromatic rings. The molecule has 0 radical (unpaired) electrons. The average Bonchev–Trinajstić information content (AvgIpc) is 2.60. The molecule has 0 aliphatic rings. The summed E-state index contributed by atoms with van der Waals surface area (Å²) in [6, 6.07) is 15.8. The van der Waals surface area contributed by atoms with Crippen molar-refractivity contribution >= 4 is 15.8 Å². The number of rotatable bonds is 8. The van der Waals surface area contributed by atoms with Crippen molar-refractivity contribution in [3.05, 3.63) is 65.7 Å². The highest BCUT2D eigenvalue weighted by atomic mass is 32.2. The number of methoxy groups -OCH3 is 1. The fourth-order valence-electron chi connectivity index (χ4n) is 2.10. The molecule has 0 aliphatic carbocycles. The van der Waals surface area contributed by atoms with Crippen LogP contribution in [0.5, 0.6) is 0 Å². The molecule has 0 aromatic heterocycles. The lowest BCUT2D eigenvalue weighted by molar-refractivity contribution is -0.139. The Morgan fingerprint density at radius 3 is 2.25 bits per heavy atom. The van der Waals surface area contributed by atoms with Gasteiger partial charge in [-0.1, -0.05) is 42.5 Å². The van der Waals surface area contributed by atoms with Crippen LogP contribution in [0.1, 0.15) is 11.1 Å². The summed E-state index contributed by atoms with van der Waals surface area (Å²) in [7, 11) is -2.09. The van der Waals surface area contributed by atoms with Gasteiger partial charge in [0.15, 0.2) is 9.84 Å². The van der Waals surface area contributed by atoms with Crippen molar-refractivity contribution < 1.29 is 22.7 Å². The van der Waals surface area contributed by atoms with E-state index in [-0.39, 0.29) is 29.6 Å². The summed E-state index contributed by atoms with van der Waals surface area (Å²) in [5, 5.41) is 0. The number of hydrogen-bond donors (Lipinski definition) is 0. The maximum Gasteiger partial charge on any atom is 0.309 e. The zero-order valence-electron chi connectivity index (χ0n) is 13.5. The molecule has 128 valence electrons. The van der Waals surface area contributed by atoms with Crippen molar-refractivity contribution in [2.75, 3.05) is 19.5 Å². The van der Waals surface area contributed by atoms with E-state index in [0.717, 1.165) is 5.56 Å². The van der Waals surface area contributed by atoms with Gasteiger partial charge in [-0.05, 0) is 23.3 Å². The summed E-state index contributed by atoms with van der Waals surface area (Å²) in [4.78, 5) is 11.4. The predicted octanol–water partition coefficient (Wildman–Crippen LogP) is 2.39. The summed E-state index contributed by atoms with van der Waals surface area (Å²) < 4.78 is 34.5.